The molecule has 0 spiro atoms. The molecule has 21 heavy (non-hydrogen) atoms. The molecule has 0 unspecified atom stereocenters. The molecule has 0 fully saturated rings. The third-order valence-electron chi connectivity index (χ3n) is 3.49. The van der Waals surface area contributed by atoms with Gasteiger partial charge >= 0.3 is 0 Å². The van der Waals surface area contributed by atoms with Crippen molar-refractivity contribution >= 4 is 11.6 Å². The van der Waals surface area contributed by atoms with Gasteiger partial charge in [0.05, 0.1) is 0 Å². The fourth-order valence-corrected chi connectivity index (χ4v) is 2.28. The fourth-order valence-electron chi connectivity index (χ4n) is 2.28. The van der Waals surface area contributed by atoms with Crippen molar-refractivity contribution in [2.75, 3.05) is 17.6 Å². The van der Waals surface area contributed by atoms with Crippen LogP contribution in [0.3, 0.4) is 0 Å². The van der Waals surface area contributed by atoms with Crippen LogP contribution >= 0.6 is 0 Å². The summed E-state index contributed by atoms with van der Waals surface area (Å²) in [5.74, 6) is 2.25. The first-order chi connectivity index (χ1) is 10.1. The van der Waals surface area contributed by atoms with Crippen LogP contribution in [0.25, 0.3) is 0 Å². The van der Waals surface area contributed by atoms with Gasteiger partial charge in [-0.15, -0.1) is 0 Å². The second kappa shape index (κ2) is 7.07. The van der Waals surface area contributed by atoms with Crippen molar-refractivity contribution in [2.45, 2.75) is 40.0 Å². The quantitative estimate of drug-likeness (QED) is 0.854. The summed E-state index contributed by atoms with van der Waals surface area (Å²) in [6.45, 7) is 7.03. The molecule has 0 saturated carbocycles. The molecule has 1 aromatic carbocycles. The lowest BCUT2D eigenvalue weighted by molar-refractivity contribution is 0.832. The molecule has 1 aromatic heterocycles. The van der Waals surface area contributed by atoms with E-state index >= 15 is 0 Å². The molecule has 4 heteroatoms. The minimum absolute atomic E-state index is 0.575. The number of nitrogens with two attached hydrogens (primary N) is 1. The Bertz CT molecular complexity index is 608. The Balaban J connectivity index is 2.02. The van der Waals surface area contributed by atoms with Crippen LogP contribution in [-0.2, 0) is 12.8 Å². The molecule has 112 valence electrons. The molecule has 0 radical (unpaired) electrons. The number of aryl methyl sites for hydroxylation is 2. The smallest absolute Gasteiger partial charge is 0.134 e. The van der Waals surface area contributed by atoms with E-state index in [-0.39, 0.29) is 0 Å². The largest absolute Gasteiger partial charge is 0.383 e. The number of nitrogens with zero attached hydrogens (tertiary/aromatic N) is 2. The molecule has 0 aliphatic carbocycles. The number of nitrogen functional groups attached to an aromatic ring is 1. The van der Waals surface area contributed by atoms with Gasteiger partial charge in [-0.25, -0.2) is 9.97 Å². The number of hydrogen-bond acceptors (Lipinski definition) is 4. The zero-order chi connectivity index (χ0) is 15.2. The van der Waals surface area contributed by atoms with Gasteiger partial charge in [-0.3, -0.25) is 0 Å². The van der Waals surface area contributed by atoms with Crippen LogP contribution < -0.4 is 11.1 Å². The number of nitrogens with one attached hydrogen (secondary N) is 1. The summed E-state index contributed by atoms with van der Waals surface area (Å²) in [6, 6.07) is 8.57. The number of rotatable bonds is 6. The van der Waals surface area contributed by atoms with Gasteiger partial charge in [0.1, 0.15) is 17.5 Å². The highest BCUT2D eigenvalue weighted by molar-refractivity contribution is 5.54. The molecule has 0 amide bonds. The number of anilines is 2. The van der Waals surface area contributed by atoms with Crippen molar-refractivity contribution in [2.24, 2.45) is 0 Å². The molecule has 2 rings (SSSR count). The van der Waals surface area contributed by atoms with Gasteiger partial charge in [0, 0.05) is 18.5 Å². The van der Waals surface area contributed by atoms with Gasteiger partial charge in [-0.1, -0.05) is 36.8 Å². The topological polar surface area (TPSA) is 63.8 Å². The van der Waals surface area contributed by atoms with E-state index in [1.807, 2.05) is 6.92 Å². The maximum absolute atomic E-state index is 5.96. The van der Waals surface area contributed by atoms with E-state index in [9.17, 15) is 0 Å². The normalized spacial score (nSPS) is 10.6. The third-order valence-corrected chi connectivity index (χ3v) is 3.49. The van der Waals surface area contributed by atoms with Crippen LogP contribution in [0, 0.1) is 13.8 Å². The van der Waals surface area contributed by atoms with Crippen LogP contribution in [0.4, 0.5) is 11.6 Å². The molecule has 2 aromatic rings. The lowest BCUT2D eigenvalue weighted by Crippen LogP contribution is -2.12. The standard InChI is InChI=1S/C17H24N4/c1-4-6-15-20-16(18)13(3)17(21-15)19-10-9-14-8-5-7-12(2)11-14/h5,7-8,11H,4,6,9-10H2,1-3H3,(H3,18,19,20,21). The van der Waals surface area contributed by atoms with Crippen LogP contribution in [0.1, 0.15) is 35.9 Å². The lowest BCUT2D eigenvalue weighted by atomic mass is 10.1. The highest BCUT2D eigenvalue weighted by Gasteiger charge is 2.07. The van der Waals surface area contributed by atoms with Gasteiger partial charge in [0.25, 0.3) is 0 Å². The molecule has 0 saturated heterocycles. The van der Waals surface area contributed by atoms with Crippen molar-refractivity contribution in [1.82, 2.24) is 9.97 Å². The van der Waals surface area contributed by atoms with Crippen molar-refractivity contribution < 1.29 is 0 Å². The summed E-state index contributed by atoms with van der Waals surface area (Å²) in [6.07, 6.45) is 2.84. The summed E-state index contributed by atoms with van der Waals surface area (Å²) in [4.78, 5) is 8.90. The van der Waals surface area contributed by atoms with Gasteiger partial charge in [0.15, 0.2) is 0 Å². The molecule has 0 atom stereocenters. The van der Waals surface area contributed by atoms with Gasteiger partial charge in [0.2, 0.25) is 0 Å². The number of aromatic nitrogens is 2. The van der Waals surface area contributed by atoms with Crippen LogP contribution in [0.5, 0.6) is 0 Å². The van der Waals surface area contributed by atoms with Gasteiger partial charge < -0.3 is 11.1 Å². The first-order valence-electron chi connectivity index (χ1n) is 7.52. The third kappa shape index (κ3) is 4.18. The summed E-state index contributed by atoms with van der Waals surface area (Å²) < 4.78 is 0. The van der Waals surface area contributed by atoms with Crippen molar-refractivity contribution in [1.29, 1.82) is 0 Å². The zero-order valence-electron chi connectivity index (χ0n) is 13.1. The molecular weight excluding hydrogens is 260 g/mol. The van der Waals surface area contributed by atoms with Crippen molar-refractivity contribution in [3.8, 4) is 0 Å². The van der Waals surface area contributed by atoms with Crippen LogP contribution in [0.2, 0.25) is 0 Å². The molecule has 4 nitrogen and oxygen atoms in total. The second-order valence-electron chi connectivity index (χ2n) is 5.41. The van der Waals surface area contributed by atoms with E-state index < -0.39 is 0 Å². The molecule has 0 bridgehead atoms. The average molecular weight is 284 g/mol. The number of hydrogen-bond donors (Lipinski definition) is 2. The SMILES string of the molecule is CCCc1nc(N)c(C)c(NCCc2cccc(C)c2)n1. The summed E-state index contributed by atoms with van der Waals surface area (Å²) in [5, 5.41) is 3.39. The Labute approximate surface area is 126 Å². The van der Waals surface area contributed by atoms with Crippen molar-refractivity contribution in [3.63, 3.8) is 0 Å². The Kier molecular flexibility index (Phi) is 5.14. The highest BCUT2D eigenvalue weighted by Crippen LogP contribution is 2.18. The molecule has 1 heterocycles. The fraction of sp³-hybridized carbons (Fsp3) is 0.412. The maximum atomic E-state index is 5.96. The molecule has 3 N–H and O–H groups in total. The second-order valence-corrected chi connectivity index (χ2v) is 5.41. The molecule has 0 aliphatic heterocycles. The Hall–Kier alpha value is -2.10. The lowest BCUT2D eigenvalue weighted by Gasteiger charge is -2.12. The zero-order valence-corrected chi connectivity index (χ0v) is 13.1. The molecular formula is C17H24N4. The monoisotopic (exact) mass is 284 g/mol. The summed E-state index contributed by atoms with van der Waals surface area (Å²) in [5.41, 5.74) is 9.51. The Morgan fingerprint density at radius 1 is 1.14 bits per heavy atom. The predicted octanol–water partition coefficient (Wildman–Crippen LogP) is 3.28. The first-order valence-corrected chi connectivity index (χ1v) is 7.52. The average Bonchev–Trinajstić information content (AvgIpc) is 2.44. The number of benzene rings is 1. The van der Waals surface area contributed by atoms with Crippen LogP contribution in [0.15, 0.2) is 24.3 Å². The van der Waals surface area contributed by atoms with Gasteiger partial charge in [-0.05, 0) is 32.3 Å². The highest BCUT2D eigenvalue weighted by atomic mass is 15.1. The maximum Gasteiger partial charge on any atom is 0.134 e. The van der Waals surface area contributed by atoms with Crippen LogP contribution in [-0.4, -0.2) is 16.5 Å². The van der Waals surface area contributed by atoms with E-state index in [2.05, 4.69) is 53.4 Å². The Morgan fingerprint density at radius 3 is 2.67 bits per heavy atom. The van der Waals surface area contributed by atoms with E-state index in [1.165, 1.54) is 11.1 Å². The van der Waals surface area contributed by atoms with E-state index in [4.69, 9.17) is 5.73 Å². The van der Waals surface area contributed by atoms with Crippen molar-refractivity contribution in [3.05, 3.63) is 46.8 Å². The van der Waals surface area contributed by atoms with E-state index in [1.54, 1.807) is 0 Å². The molecule has 0 aliphatic rings. The van der Waals surface area contributed by atoms with E-state index in [0.717, 1.165) is 43.0 Å². The first kappa shape index (κ1) is 15.3. The van der Waals surface area contributed by atoms with E-state index in [0.29, 0.717) is 5.82 Å². The predicted molar refractivity (Wildman–Crippen MR) is 88.5 cm³/mol. The summed E-state index contributed by atoms with van der Waals surface area (Å²) >= 11 is 0. The van der Waals surface area contributed by atoms with Gasteiger partial charge in [-0.2, -0.15) is 0 Å². The minimum Gasteiger partial charge on any atom is -0.383 e. The Morgan fingerprint density at radius 2 is 1.95 bits per heavy atom. The minimum atomic E-state index is 0.575. The summed E-state index contributed by atoms with van der Waals surface area (Å²) in [7, 11) is 0.